The molecular formula is C24H28ClN5O. The van der Waals surface area contributed by atoms with E-state index in [1.165, 1.54) is 0 Å². The first-order valence-corrected chi connectivity index (χ1v) is 11.1. The van der Waals surface area contributed by atoms with E-state index in [1.807, 2.05) is 55.1 Å². The molecule has 0 saturated carbocycles. The van der Waals surface area contributed by atoms with Gasteiger partial charge in [-0.2, -0.15) is 0 Å². The highest BCUT2D eigenvalue weighted by Gasteiger charge is 2.32. The molecule has 162 valence electrons. The average molecular weight is 438 g/mol. The number of halogens is 1. The second kappa shape index (κ2) is 8.81. The third-order valence-electron chi connectivity index (χ3n) is 6.00. The number of benzene rings is 2. The summed E-state index contributed by atoms with van der Waals surface area (Å²) in [5.74, 6) is 0.993. The molecule has 1 aliphatic heterocycles. The molecule has 1 unspecified atom stereocenters. The van der Waals surface area contributed by atoms with Crippen LogP contribution in [0.25, 0.3) is 22.0 Å². The lowest BCUT2D eigenvalue weighted by Gasteiger charge is -2.41. The van der Waals surface area contributed by atoms with Crippen molar-refractivity contribution in [3.8, 4) is 11.3 Å². The number of carbonyl (C=O) groups is 1. The van der Waals surface area contributed by atoms with E-state index in [9.17, 15) is 4.79 Å². The molecule has 1 amide bonds. The third-order valence-corrected chi connectivity index (χ3v) is 6.25. The fraction of sp³-hybridized carbons (Fsp3) is 0.375. The molecule has 1 fully saturated rings. The van der Waals surface area contributed by atoms with Crippen molar-refractivity contribution < 1.29 is 4.79 Å². The van der Waals surface area contributed by atoms with Crippen LogP contribution in [0.2, 0.25) is 5.02 Å². The number of amides is 1. The van der Waals surface area contributed by atoms with E-state index in [4.69, 9.17) is 17.3 Å². The number of carbonyl (C=O) groups excluding carboxylic acids is 1. The Morgan fingerprint density at radius 2 is 1.74 bits per heavy atom. The van der Waals surface area contributed by atoms with Gasteiger partial charge in [-0.05, 0) is 25.0 Å². The van der Waals surface area contributed by atoms with Gasteiger partial charge in [-0.15, -0.1) is 10.2 Å². The summed E-state index contributed by atoms with van der Waals surface area (Å²) in [6.45, 7) is 8.01. The zero-order valence-electron chi connectivity index (χ0n) is 18.1. The second-order valence-corrected chi connectivity index (χ2v) is 8.96. The number of aromatic nitrogens is 2. The third kappa shape index (κ3) is 4.23. The van der Waals surface area contributed by atoms with Crippen LogP contribution in [-0.4, -0.2) is 52.7 Å². The molecular weight excluding hydrogens is 410 g/mol. The van der Waals surface area contributed by atoms with Crippen LogP contribution >= 0.6 is 11.6 Å². The average Bonchev–Trinajstić information content (AvgIpc) is 2.78. The molecule has 3 aromatic rings. The summed E-state index contributed by atoms with van der Waals surface area (Å²) in [6.07, 6.45) is 0. The van der Waals surface area contributed by atoms with E-state index in [1.54, 1.807) is 0 Å². The number of rotatable bonds is 4. The van der Waals surface area contributed by atoms with Crippen molar-refractivity contribution in [3.05, 3.63) is 53.6 Å². The van der Waals surface area contributed by atoms with E-state index in [0.29, 0.717) is 24.7 Å². The number of hydrogen-bond donors (Lipinski definition) is 1. The van der Waals surface area contributed by atoms with Crippen molar-refractivity contribution in [2.24, 2.45) is 11.7 Å². The van der Waals surface area contributed by atoms with Crippen LogP contribution in [0.5, 0.6) is 0 Å². The summed E-state index contributed by atoms with van der Waals surface area (Å²) in [5, 5.41) is 12.0. The molecule has 2 N–H and O–H groups in total. The van der Waals surface area contributed by atoms with Gasteiger partial charge < -0.3 is 15.5 Å². The Balaban J connectivity index is 1.64. The van der Waals surface area contributed by atoms with Crippen LogP contribution in [0.15, 0.2) is 48.5 Å². The zero-order valence-corrected chi connectivity index (χ0v) is 18.9. The number of piperazine rings is 1. The van der Waals surface area contributed by atoms with Crippen molar-refractivity contribution in [3.63, 3.8) is 0 Å². The monoisotopic (exact) mass is 437 g/mol. The van der Waals surface area contributed by atoms with Crippen molar-refractivity contribution in [1.82, 2.24) is 15.1 Å². The highest BCUT2D eigenvalue weighted by atomic mass is 35.5. The number of fused-ring (bicyclic) bond motifs is 1. The summed E-state index contributed by atoms with van der Waals surface area (Å²) in [7, 11) is 0. The van der Waals surface area contributed by atoms with E-state index >= 15 is 0 Å². The van der Waals surface area contributed by atoms with Gasteiger partial charge >= 0.3 is 0 Å². The lowest BCUT2D eigenvalue weighted by molar-refractivity contribution is -0.134. The molecule has 0 spiro atoms. The molecule has 4 rings (SSSR count). The maximum atomic E-state index is 12.7. The lowest BCUT2D eigenvalue weighted by Crippen LogP contribution is -2.57. The Morgan fingerprint density at radius 1 is 1.06 bits per heavy atom. The largest absolute Gasteiger partial charge is 0.348 e. The fourth-order valence-corrected chi connectivity index (χ4v) is 4.22. The molecule has 1 aromatic heterocycles. The Bertz CT molecular complexity index is 1090. The van der Waals surface area contributed by atoms with Gasteiger partial charge in [0.05, 0.1) is 6.04 Å². The first kappa shape index (κ1) is 21.5. The van der Waals surface area contributed by atoms with Gasteiger partial charge in [-0.25, -0.2) is 0 Å². The highest BCUT2D eigenvalue weighted by molar-refractivity contribution is 6.30. The lowest BCUT2D eigenvalue weighted by atomic mass is 10.0. The minimum absolute atomic E-state index is 0.0236. The summed E-state index contributed by atoms with van der Waals surface area (Å²) in [5.41, 5.74) is 7.91. The molecule has 7 heteroatoms. The molecule has 31 heavy (non-hydrogen) atoms. The van der Waals surface area contributed by atoms with E-state index in [-0.39, 0.29) is 17.9 Å². The summed E-state index contributed by atoms with van der Waals surface area (Å²) >= 11 is 6.05. The van der Waals surface area contributed by atoms with Crippen LogP contribution in [0.4, 0.5) is 5.82 Å². The molecule has 1 saturated heterocycles. The Kier molecular flexibility index (Phi) is 6.12. The van der Waals surface area contributed by atoms with Crippen molar-refractivity contribution in [1.29, 1.82) is 0 Å². The highest BCUT2D eigenvalue weighted by Crippen LogP contribution is 2.33. The SMILES string of the molecule is CC(C)C(N)C(=O)N1CCN(c2nnc(-c3ccc(Cl)cc3)c3ccccc23)[C@@H](C)C1. The smallest absolute Gasteiger partial charge is 0.239 e. The number of nitrogens with two attached hydrogens (primary N) is 1. The maximum Gasteiger partial charge on any atom is 0.239 e. The maximum absolute atomic E-state index is 12.7. The van der Waals surface area contributed by atoms with Crippen LogP contribution in [0.3, 0.4) is 0 Å². The van der Waals surface area contributed by atoms with Gasteiger partial charge in [0.1, 0.15) is 5.69 Å². The molecule has 2 atom stereocenters. The first-order valence-electron chi connectivity index (χ1n) is 10.7. The molecule has 0 radical (unpaired) electrons. The quantitative estimate of drug-likeness (QED) is 0.668. The van der Waals surface area contributed by atoms with E-state index in [2.05, 4.69) is 34.2 Å². The molecule has 0 aliphatic carbocycles. The minimum atomic E-state index is -0.460. The summed E-state index contributed by atoms with van der Waals surface area (Å²) in [6, 6.07) is 15.5. The minimum Gasteiger partial charge on any atom is -0.348 e. The summed E-state index contributed by atoms with van der Waals surface area (Å²) < 4.78 is 0. The van der Waals surface area contributed by atoms with Crippen molar-refractivity contribution in [2.75, 3.05) is 24.5 Å². The van der Waals surface area contributed by atoms with Gasteiger partial charge in [-0.3, -0.25) is 4.79 Å². The van der Waals surface area contributed by atoms with Crippen LogP contribution in [0.1, 0.15) is 20.8 Å². The van der Waals surface area contributed by atoms with E-state index in [0.717, 1.165) is 27.8 Å². The number of nitrogens with zero attached hydrogens (tertiary/aromatic N) is 4. The molecule has 6 nitrogen and oxygen atoms in total. The van der Waals surface area contributed by atoms with Gasteiger partial charge in [0, 0.05) is 47.0 Å². The van der Waals surface area contributed by atoms with Crippen molar-refractivity contribution >= 4 is 34.1 Å². The Hall–Kier alpha value is -2.70. The molecule has 2 aromatic carbocycles. The first-order chi connectivity index (χ1) is 14.9. The number of anilines is 1. The molecule has 2 heterocycles. The topological polar surface area (TPSA) is 75.4 Å². The fourth-order valence-electron chi connectivity index (χ4n) is 4.09. The van der Waals surface area contributed by atoms with Crippen LogP contribution in [0, 0.1) is 5.92 Å². The van der Waals surface area contributed by atoms with Gasteiger partial charge in [0.2, 0.25) is 5.91 Å². The predicted octanol–water partition coefficient (Wildman–Crippen LogP) is 3.97. The Labute approximate surface area is 188 Å². The predicted molar refractivity (Wildman–Crippen MR) is 126 cm³/mol. The molecule has 0 bridgehead atoms. The number of hydrogen-bond acceptors (Lipinski definition) is 5. The van der Waals surface area contributed by atoms with Crippen molar-refractivity contribution in [2.45, 2.75) is 32.9 Å². The van der Waals surface area contributed by atoms with Gasteiger partial charge in [-0.1, -0.05) is 61.8 Å². The second-order valence-electron chi connectivity index (χ2n) is 8.52. The Morgan fingerprint density at radius 3 is 2.39 bits per heavy atom. The summed E-state index contributed by atoms with van der Waals surface area (Å²) in [4.78, 5) is 16.8. The standard InChI is InChI=1S/C24H28ClN5O/c1-15(2)21(26)24(31)29-12-13-30(16(3)14-29)23-20-7-5-4-6-19(20)22(27-28-23)17-8-10-18(25)11-9-17/h4-11,15-16,21H,12-14,26H2,1-3H3/t16-,21?/m0/s1. The normalized spacial score (nSPS) is 17.9. The van der Waals surface area contributed by atoms with Crippen LogP contribution in [-0.2, 0) is 4.79 Å². The van der Waals surface area contributed by atoms with Gasteiger partial charge in [0.25, 0.3) is 0 Å². The zero-order chi connectivity index (χ0) is 22.1. The van der Waals surface area contributed by atoms with E-state index < -0.39 is 6.04 Å². The van der Waals surface area contributed by atoms with Gasteiger partial charge in [0.15, 0.2) is 5.82 Å². The molecule has 1 aliphatic rings. The van der Waals surface area contributed by atoms with Crippen LogP contribution < -0.4 is 10.6 Å².